The van der Waals surface area contributed by atoms with E-state index < -0.39 is 0 Å². The van der Waals surface area contributed by atoms with Crippen LogP contribution in [-0.4, -0.2) is 14.8 Å². The summed E-state index contributed by atoms with van der Waals surface area (Å²) in [5.41, 5.74) is 3.38. The highest BCUT2D eigenvalue weighted by molar-refractivity contribution is 5.33. The molecule has 21 heavy (non-hydrogen) atoms. The Hall–Kier alpha value is -2.46. The largest absolute Gasteiger partial charge is 0.305 e. The predicted molar refractivity (Wildman–Crippen MR) is 83.1 cm³/mol. The topological polar surface area (TPSA) is 42.7 Å². The highest BCUT2D eigenvalue weighted by Gasteiger charge is 2.05. The zero-order valence-electron chi connectivity index (χ0n) is 12.0. The van der Waals surface area contributed by atoms with Crippen molar-refractivity contribution in [2.75, 3.05) is 0 Å². The van der Waals surface area contributed by atoms with Gasteiger partial charge in [-0.05, 0) is 42.8 Å². The molecule has 0 aliphatic heterocycles. The molecule has 1 aromatic carbocycles. The molecule has 3 aromatic rings. The molecule has 0 amide bonds. The van der Waals surface area contributed by atoms with Crippen molar-refractivity contribution in [3.63, 3.8) is 0 Å². The second-order valence-electron chi connectivity index (χ2n) is 4.97. The fourth-order valence-corrected chi connectivity index (χ4v) is 2.20. The number of hydrogen-bond acceptors (Lipinski definition) is 3. The highest BCUT2D eigenvalue weighted by Crippen LogP contribution is 2.12. The van der Waals surface area contributed by atoms with Gasteiger partial charge in [-0.25, -0.2) is 4.68 Å². The molecule has 1 atom stereocenters. The van der Waals surface area contributed by atoms with Crippen LogP contribution in [0.3, 0.4) is 0 Å². The summed E-state index contributed by atoms with van der Waals surface area (Å²) in [6, 6.07) is 16.5. The number of benzene rings is 1. The summed E-state index contributed by atoms with van der Waals surface area (Å²) in [4.78, 5) is 4.36. The number of aromatic nitrogens is 3. The normalized spacial score (nSPS) is 12.2. The lowest BCUT2D eigenvalue weighted by Crippen LogP contribution is -2.18. The Morgan fingerprint density at radius 1 is 1.05 bits per heavy atom. The molecule has 1 N–H and O–H groups in total. The Kier molecular flexibility index (Phi) is 4.07. The molecular formula is C17H18N4. The van der Waals surface area contributed by atoms with Crippen molar-refractivity contribution >= 4 is 0 Å². The van der Waals surface area contributed by atoms with Crippen LogP contribution in [0.1, 0.15) is 24.2 Å². The van der Waals surface area contributed by atoms with E-state index in [9.17, 15) is 0 Å². The maximum Gasteiger partial charge on any atom is 0.0645 e. The first-order valence-corrected chi connectivity index (χ1v) is 7.06. The molecule has 4 nitrogen and oxygen atoms in total. The van der Waals surface area contributed by atoms with Gasteiger partial charge in [0.05, 0.1) is 11.4 Å². The quantitative estimate of drug-likeness (QED) is 0.779. The second-order valence-corrected chi connectivity index (χ2v) is 4.97. The molecule has 0 aliphatic rings. The summed E-state index contributed by atoms with van der Waals surface area (Å²) in [6.07, 6.45) is 5.55. The van der Waals surface area contributed by atoms with E-state index in [-0.39, 0.29) is 6.04 Å². The van der Waals surface area contributed by atoms with Crippen LogP contribution in [-0.2, 0) is 6.54 Å². The van der Waals surface area contributed by atoms with E-state index >= 15 is 0 Å². The van der Waals surface area contributed by atoms with E-state index in [2.05, 4.69) is 46.6 Å². The van der Waals surface area contributed by atoms with Gasteiger partial charge in [-0.1, -0.05) is 18.2 Å². The number of hydrogen-bond donors (Lipinski definition) is 1. The van der Waals surface area contributed by atoms with Gasteiger partial charge in [0.1, 0.15) is 0 Å². The lowest BCUT2D eigenvalue weighted by Gasteiger charge is -2.13. The maximum absolute atomic E-state index is 4.36. The summed E-state index contributed by atoms with van der Waals surface area (Å²) < 4.78 is 1.85. The Morgan fingerprint density at radius 3 is 2.57 bits per heavy atom. The van der Waals surface area contributed by atoms with Crippen molar-refractivity contribution < 1.29 is 0 Å². The fourth-order valence-electron chi connectivity index (χ4n) is 2.20. The van der Waals surface area contributed by atoms with E-state index in [1.807, 2.05) is 41.3 Å². The predicted octanol–water partition coefficient (Wildman–Crippen LogP) is 3.12. The molecule has 0 fully saturated rings. The van der Waals surface area contributed by atoms with E-state index in [1.165, 1.54) is 5.56 Å². The first-order valence-electron chi connectivity index (χ1n) is 7.06. The third-order valence-electron chi connectivity index (χ3n) is 3.45. The van der Waals surface area contributed by atoms with E-state index in [0.717, 1.165) is 17.9 Å². The van der Waals surface area contributed by atoms with Gasteiger partial charge in [-0.3, -0.25) is 4.98 Å². The molecule has 2 heterocycles. The molecule has 2 aromatic heterocycles. The van der Waals surface area contributed by atoms with Gasteiger partial charge < -0.3 is 5.32 Å². The van der Waals surface area contributed by atoms with Gasteiger partial charge in [0.25, 0.3) is 0 Å². The molecule has 0 aliphatic carbocycles. The Morgan fingerprint density at radius 2 is 1.90 bits per heavy atom. The zero-order chi connectivity index (χ0) is 14.5. The SMILES string of the molecule is C[C@H](NCc1ccc(-n2cccn2)cc1)c1ccccn1. The van der Waals surface area contributed by atoms with Crippen LogP contribution >= 0.6 is 0 Å². The Bertz CT molecular complexity index is 660. The van der Waals surface area contributed by atoms with Gasteiger partial charge in [0, 0.05) is 31.2 Å². The Balaban J connectivity index is 1.61. The number of nitrogens with zero attached hydrogens (tertiary/aromatic N) is 3. The summed E-state index contributed by atoms with van der Waals surface area (Å²) in [5, 5.41) is 7.71. The van der Waals surface area contributed by atoms with Gasteiger partial charge >= 0.3 is 0 Å². The van der Waals surface area contributed by atoms with Crippen LogP contribution in [0.4, 0.5) is 0 Å². The van der Waals surface area contributed by atoms with Crippen molar-refractivity contribution in [1.29, 1.82) is 0 Å². The standard InChI is InChI=1S/C17H18N4/c1-14(17-5-2-3-10-18-17)19-13-15-6-8-16(9-7-15)21-12-4-11-20-21/h2-12,14,19H,13H2,1H3/t14-/m0/s1. The van der Waals surface area contributed by atoms with Crippen LogP contribution in [0.25, 0.3) is 5.69 Å². The summed E-state index contributed by atoms with van der Waals surface area (Å²) in [7, 11) is 0. The second kappa shape index (κ2) is 6.33. The van der Waals surface area contributed by atoms with Crippen molar-refractivity contribution in [2.45, 2.75) is 19.5 Å². The number of rotatable bonds is 5. The molecule has 0 radical (unpaired) electrons. The van der Waals surface area contributed by atoms with E-state index in [0.29, 0.717) is 0 Å². The van der Waals surface area contributed by atoms with Crippen LogP contribution in [0, 0.1) is 0 Å². The van der Waals surface area contributed by atoms with Gasteiger partial charge in [-0.2, -0.15) is 5.10 Å². The lowest BCUT2D eigenvalue weighted by atomic mass is 10.1. The average Bonchev–Trinajstić information content (AvgIpc) is 3.08. The van der Waals surface area contributed by atoms with Crippen molar-refractivity contribution in [3.05, 3.63) is 78.4 Å². The zero-order valence-corrected chi connectivity index (χ0v) is 12.0. The van der Waals surface area contributed by atoms with Crippen LogP contribution < -0.4 is 5.32 Å². The monoisotopic (exact) mass is 278 g/mol. The van der Waals surface area contributed by atoms with Gasteiger partial charge in [-0.15, -0.1) is 0 Å². The van der Waals surface area contributed by atoms with Crippen LogP contribution in [0.15, 0.2) is 67.1 Å². The fraction of sp³-hybridized carbons (Fsp3) is 0.176. The van der Waals surface area contributed by atoms with Gasteiger partial charge in [0.2, 0.25) is 0 Å². The smallest absolute Gasteiger partial charge is 0.0645 e. The summed E-state index contributed by atoms with van der Waals surface area (Å²) in [5.74, 6) is 0. The molecule has 4 heteroatoms. The minimum atomic E-state index is 0.233. The minimum absolute atomic E-state index is 0.233. The molecular weight excluding hydrogens is 260 g/mol. The third kappa shape index (κ3) is 3.35. The number of pyridine rings is 1. The molecule has 0 spiro atoms. The minimum Gasteiger partial charge on any atom is -0.305 e. The highest BCUT2D eigenvalue weighted by atomic mass is 15.3. The number of nitrogens with one attached hydrogen (secondary N) is 1. The van der Waals surface area contributed by atoms with Crippen molar-refractivity contribution in [2.24, 2.45) is 0 Å². The lowest BCUT2D eigenvalue weighted by molar-refractivity contribution is 0.561. The molecule has 0 bridgehead atoms. The average molecular weight is 278 g/mol. The Labute approximate surface area is 124 Å². The van der Waals surface area contributed by atoms with Gasteiger partial charge in [0.15, 0.2) is 0 Å². The van der Waals surface area contributed by atoms with E-state index in [1.54, 1.807) is 6.20 Å². The summed E-state index contributed by atoms with van der Waals surface area (Å²) in [6.45, 7) is 2.94. The maximum atomic E-state index is 4.36. The van der Waals surface area contributed by atoms with E-state index in [4.69, 9.17) is 0 Å². The van der Waals surface area contributed by atoms with Crippen molar-refractivity contribution in [1.82, 2.24) is 20.1 Å². The molecule has 3 rings (SSSR count). The molecule has 106 valence electrons. The molecule has 0 saturated heterocycles. The summed E-state index contributed by atoms with van der Waals surface area (Å²) >= 11 is 0. The first-order chi connectivity index (χ1) is 10.3. The van der Waals surface area contributed by atoms with Crippen LogP contribution in [0.2, 0.25) is 0 Å². The van der Waals surface area contributed by atoms with Crippen molar-refractivity contribution in [3.8, 4) is 5.69 Å². The third-order valence-corrected chi connectivity index (χ3v) is 3.45. The molecule has 0 unspecified atom stereocenters. The first kappa shape index (κ1) is 13.5. The van der Waals surface area contributed by atoms with Crippen LogP contribution in [0.5, 0.6) is 0 Å². The molecule has 0 saturated carbocycles.